The monoisotopic (exact) mass is 275 g/mol. The van der Waals surface area contributed by atoms with E-state index in [0.717, 1.165) is 13.1 Å². The second-order valence-corrected chi connectivity index (χ2v) is 5.97. The van der Waals surface area contributed by atoms with Crippen LogP contribution in [-0.4, -0.2) is 44.7 Å². The normalized spacial score (nSPS) is 19.5. The van der Waals surface area contributed by atoms with Gasteiger partial charge in [0.25, 0.3) is 0 Å². The van der Waals surface area contributed by atoms with Gasteiger partial charge < -0.3 is 10.2 Å². The van der Waals surface area contributed by atoms with Crippen LogP contribution in [0.25, 0.3) is 0 Å². The minimum Gasteiger partial charge on any atom is -0.373 e. The molecule has 1 aliphatic rings. The number of aryl methyl sites for hydroxylation is 1. The standard InChI is InChI=1S/C17H29N3/c1-5-20-10-6-7-16(20)13-19(4)17-9-8-14(2)11-15(17)12-18-3/h8-9,11,16,18H,5-7,10,12-13H2,1-4H3. The van der Waals surface area contributed by atoms with Gasteiger partial charge in [0.15, 0.2) is 0 Å². The van der Waals surface area contributed by atoms with Gasteiger partial charge in [-0.15, -0.1) is 0 Å². The van der Waals surface area contributed by atoms with Crippen LogP contribution in [0.2, 0.25) is 0 Å². The number of likely N-dealkylation sites (N-methyl/N-ethyl adjacent to an activating group) is 2. The van der Waals surface area contributed by atoms with Crippen molar-refractivity contribution < 1.29 is 0 Å². The molecule has 1 atom stereocenters. The summed E-state index contributed by atoms with van der Waals surface area (Å²) in [6.07, 6.45) is 2.69. The Morgan fingerprint density at radius 1 is 1.40 bits per heavy atom. The molecular formula is C17H29N3. The van der Waals surface area contributed by atoms with Gasteiger partial charge in [-0.1, -0.05) is 24.6 Å². The van der Waals surface area contributed by atoms with Crippen molar-refractivity contribution in [2.24, 2.45) is 0 Å². The lowest BCUT2D eigenvalue weighted by molar-refractivity contribution is 0.270. The van der Waals surface area contributed by atoms with Gasteiger partial charge >= 0.3 is 0 Å². The smallest absolute Gasteiger partial charge is 0.0409 e. The maximum Gasteiger partial charge on any atom is 0.0409 e. The number of hydrogen-bond acceptors (Lipinski definition) is 3. The molecular weight excluding hydrogens is 246 g/mol. The molecule has 0 amide bonds. The molecule has 2 rings (SSSR count). The van der Waals surface area contributed by atoms with Crippen molar-refractivity contribution in [2.45, 2.75) is 39.3 Å². The Hall–Kier alpha value is -1.06. The third-order valence-electron chi connectivity index (χ3n) is 4.40. The number of rotatable bonds is 6. The second kappa shape index (κ2) is 7.09. The lowest BCUT2D eigenvalue weighted by Gasteiger charge is -2.30. The Morgan fingerprint density at radius 2 is 2.20 bits per heavy atom. The molecule has 1 unspecified atom stereocenters. The minimum atomic E-state index is 0.716. The van der Waals surface area contributed by atoms with Crippen molar-refractivity contribution in [3.63, 3.8) is 0 Å². The fourth-order valence-electron chi connectivity index (χ4n) is 3.35. The zero-order chi connectivity index (χ0) is 14.5. The van der Waals surface area contributed by atoms with Crippen molar-refractivity contribution in [3.8, 4) is 0 Å². The maximum absolute atomic E-state index is 3.28. The summed E-state index contributed by atoms with van der Waals surface area (Å²) in [5.41, 5.74) is 4.10. The van der Waals surface area contributed by atoms with Crippen molar-refractivity contribution >= 4 is 5.69 Å². The molecule has 20 heavy (non-hydrogen) atoms. The number of anilines is 1. The highest BCUT2D eigenvalue weighted by molar-refractivity contribution is 5.54. The third kappa shape index (κ3) is 3.53. The number of nitrogens with zero attached hydrogens (tertiary/aromatic N) is 2. The highest BCUT2D eigenvalue weighted by atomic mass is 15.2. The van der Waals surface area contributed by atoms with E-state index in [1.807, 2.05) is 7.05 Å². The molecule has 1 saturated heterocycles. The average Bonchev–Trinajstić information content (AvgIpc) is 2.86. The van der Waals surface area contributed by atoms with Gasteiger partial charge in [0.05, 0.1) is 0 Å². The van der Waals surface area contributed by atoms with E-state index in [-0.39, 0.29) is 0 Å². The van der Waals surface area contributed by atoms with E-state index in [0.29, 0.717) is 6.04 Å². The molecule has 1 heterocycles. The molecule has 1 fully saturated rings. The van der Waals surface area contributed by atoms with E-state index < -0.39 is 0 Å². The quantitative estimate of drug-likeness (QED) is 0.861. The Kier molecular flexibility index (Phi) is 5.44. The van der Waals surface area contributed by atoms with Gasteiger partial charge in [-0.2, -0.15) is 0 Å². The van der Waals surface area contributed by atoms with Crippen molar-refractivity contribution in [2.75, 3.05) is 38.6 Å². The van der Waals surface area contributed by atoms with E-state index in [1.165, 1.54) is 42.7 Å². The molecule has 0 spiro atoms. The second-order valence-electron chi connectivity index (χ2n) is 5.97. The molecule has 0 aliphatic carbocycles. The molecule has 112 valence electrons. The first-order chi connectivity index (χ1) is 9.65. The molecule has 0 saturated carbocycles. The van der Waals surface area contributed by atoms with E-state index >= 15 is 0 Å². The maximum atomic E-state index is 3.28. The molecule has 3 nitrogen and oxygen atoms in total. The molecule has 1 aromatic rings. The summed E-state index contributed by atoms with van der Waals surface area (Å²) in [6.45, 7) is 8.95. The van der Waals surface area contributed by atoms with Gasteiger partial charge in [0.1, 0.15) is 0 Å². The number of likely N-dealkylation sites (tertiary alicyclic amines) is 1. The first-order valence-electron chi connectivity index (χ1n) is 7.85. The summed E-state index contributed by atoms with van der Waals surface area (Å²) >= 11 is 0. The number of nitrogens with one attached hydrogen (secondary N) is 1. The van der Waals surface area contributed by atoms with Crippen LogP contribution in [-0.2, 0) is 6.54 Å². The Morgan fingerprint density at radius 3 is 2.90 bits per heavy atom. The molecule has 0 radical (unpaired) electrons. The Labute approximate surface area is 124 Å². The van der Waals surface area contributed by atoms with Crippen LogP contribution in [0.15, 0.2) is 18.2 Å². The van der Waals surface area contributed by atoms with Crippen molar-refractivity contribution in [3.05, 3.63) is 29.3 Å². The summed E-state index contributed by atoms with van der Waals surface area (Å²) in [7, 11) is 4.25. The van der Waals surface area contributed by atoms with E-state index in [2.05, 4.69) is 54.2 Å². The van der Waals surface area contributed by atoms with Crippen LogP contribution in [0.4, 0.5) is 5.69 Å². The zero-order valence-corrected chi connectivity index (χ0v) is 13.4. The molecule has 1 aromatic carbocycles. The van der Waals surface area contributed by atoms with Gasteiger partial charge in [-0.05, 0) is 51.5 Å². The summed E-state index contributed by atoms with van der Waals surface area (Å²) in [6, 6.07) is 7.51. The van der Waals surface area contributed by atoms with Crippen LogP contribution in [0, 0.1) is 6.92 Å². The number of benzene rings is 1. The lowest BCUT2D eigenvalue weighted by atomic mass is 10.1. The van der Waals surface area contributed by atoms with Crippen LogP contribution < -0.4 is 10.2 Å². The fraction of sp³-hybridized carbons (Fsp3) is 0.647. The lowest BCUT2D eigenvalue weighted by Crippen LogP contribution is -2.39. The van der Waals surface area contributed by atoms with Gasteiger partial charge in [-0.3, -0.25) is 4.90 Å². The predicted octanol–water partition coefficient (Wildman–Crippen LogP) is 2.63. The molecule has 3 heteroatoms. The topological polar surface area (TPSA) is 18.5 Å². The summed E-state index contributed by atoms with van der Waals surface area (Å²) in [5, 5.41) is 3.28. The minimum absolute atomic E-state index is 0.716. The number of hydrogen-bond donors (Lipinski definition) is 1. The fourth-order valence-corrected chi connectivity index (χ4v) is 3.35. The highest BCUT2D eigenvalue weighted by Gasteiger charge is 2.24. The van der Waals surface area contributed by atoms with Crippen molar-refractivity contribution in [1.82, 2.24) is 10.2 Å². The van der Waals surface area contributed by atoms with Gasteiger partial charge in [0, 0.05) is 31.9 Å². The van der Waals surface area contributed by atoms with Crippen LogP contribution in [0.1, 0.15) is 30.9 Å². The van der Waals surface area contributed by atoms with Crippen LogP contribution >= 0.6 is 0 Å². The van der Waals surface area contributed by atoms with Crippen molar-refractivity contribution in [1.29, 1.82) is 0 Å². The van der Waals surface area contributed by atoms with Crippen LogP contribution in [0.3, 0.4) is 0 Å². The molecule has 1 aliphatic heterocycles. The summed E-state index contributed by atoms with van der Waals surface area (Å²) in [4.78, 5) is 5.05. The van der Waals surface area contributed by atoms with E-state index in [4.69, 9.17) is 0 Å². The van der Waals surface area contributed by atoms with Gasteiger partial charge in [0.2, 0.25) is 0 Å². The largest absolute Gasteiger partial charge is 0.373 e. The highest BCUT2D eigenvalue weighted by Crippen LogP contribution is 2.24. The van der Waals surface area contributed by atoms with E-state index in [1.54, 1.807) is 0 Å². The molecule has 1 N–H and O–H groups in total. The first-order valence-corrected chi connectivity index (χ1v) is 7.85. The SMILES string of the molecule is CCN1CCCC1CN(C)c1ccc(C)cc1CNC. The first kappa shape index (κ1) is 15.3. The Bertz CT molecular complexity index is 430. The summed E-state index contributed by atoms with van der Waals surface area (Å²) in [5.74, 6) is 0. The van der Waals surface area contributed by atoms with Gasteiger partial charge in [-0.25, -0.2) is 0 Å². The van der Waals surface area contributed by atoms with Crippen LogP contribution in [0.5, 0.6) is 0 Å². The Balaban J connectivity index is 2.10. The zero-order valence-electron chi connectivity index (χ0n) is 13.4. The molecule has 0 aromatic heterocycles. The van der Waals surface area contributed by atoms with E-state index in [9.17, 15) is 0 Å². The summed E-state index contributed by atoms with van der Waals surface area (Å²) < 4.78 is 0. The molecule has 0 bridgehead atoms. The average molecular weight is 275 g/mol. The third-order valence-corrected chi connectivity index (χ3v) is 4.40. The predicted molar refractivity (Wildman–Crippen MR) is 87.5 cm³/mol.